The summed E-state index contributed by atoms with van der Waals surface area (Å²) in [6.45, 7) is 3.67. The molecule has 2 heterocycles. The van der Waals surface area contributed by atoms with Gasteiger partial charge in [0.05, 0.1) is 6.10 Å². The zero-order chi connectivity index (χ0) is 10.8. The van der Waals surface area contributed by atoms with E-state index in [4.69, 9.17) is 11.6 Å². The fraction of sp³-hybridized carbons (Fsp3) is 0.600. The van der Waals surface area contributed by atoms with Gasteiger partial charge in [-0.25, -0.2) is 9.97 Å². The van der Waals surface area contributed by atoms with Crippen molar-refractivity contribution in [2.45, 2.75) is 19.4 Å². The number of aliphatic hydroxyl groups is 1. The van der Waals surface area contributed by atoms with Gasteiger partial charge in [-0.3, -0.25) is 0 Å². The second-order valence-corrected chi connectivity index (χ2v) is 4.37. The smallest absolute Gasteiger partial charge is 0.134 e. The monoisotopic (exact) mass is 227 g/mol. The highest BCUT2D eigenvalue weighted by atomic mass is 35.5. The molecular weight excluding hydrogens is 214 g/mol. The van der Waals surface area contributed by atoms with Crippen LogP contribution in [0.2, 0.25) is 5.15 Å². The Kier molecular flexibility index (Phi) is 3.07. The van der Waals surface area contributed by atoms with Gasteiger partial charge in [-0.1, -0.05) is 18.5 Å². The Morgan fingerprint density at radius 3 is 3.00 bits per heavy atom. The van der Waals surface area contributed by atoms with E-state index in [1.165, 1.54) is 6.33 Å². The first-order valence-electron chi connectivity index (χ1n) is 5.07. The minimum atomic E-state index is -0.196. The van der Waals surface area contributed by atoms with Crippen molar-refractivity contribution >= 4 is 17.4 Å². The van der Waals surface area contributed by atoms with Crippen molar-refractivity contribution in [1.29, 1.82) is 0 Å². The third-order valence-electron chi connectivity index (χ3n) is 2.80. The quantitative estimate of drug-likeness (QED) is 0.736. The molecule has 0 unspecified atom stereocenters. The molecule has 1 aromatic rings. The van der Waals surface area contributed by atoms with Gasteiger partial charge in [0, 0.05) is 19.2 Å². The molecule has 1 aliphatic rings. The SMILES string of the molecule is C[C@H]1CN(c2cc(Cl)ncn2)CC[C@H]1O. The molecule has 0 amide bonds. The first-order valence-corrected chi connectivity index (χ1v) is 5.45. The highest BCUT2D eigenvalue weighted by Gasteiger charge is 2.24. The molecule has 1 saturated heterocycles. The predicted molar refractivity (Wildman–Crippen MR) is 59.0 cm³/mol. The van der Waals surface area contributed by atoms with Gasteiger partial charge in [-0.2, -0.15) is 0 Å². The van der Waals surface area contributed by atoms with Crippen LogP contribution in [0.4, 0.5) is 5.82 Å². The number of nitrogens with zero attached hydrogens (tertiary/aromatic N) is 3. The summed E-state index contributed by atoms with van der Waals surface area (Å²) in [6, 6.07) is 1.76. The van der Waals surface area contributed by atoms with Crippen LogP contribution in [0.5, 0.6) is 0 Å². The summed E-state index contributed by atoms with van der Waals surface area (Å²) < 4.78 is 0. The number of halogens is 1. The highest BCUT2D eigenvalue weighted by molar-refractivity contribution is 6.29. The van der Waals surface area contributed by atoms with E-state index < -0.39 is 0 Å². The third kappa shape index (κ3) is 2.38. The number of hydrogen-bond donors (Lipinski definition) is 1. The van der Waals surface area contributed by atoms with Gasteiger partial charge in [0.2, 0.25) is 0 Å². The molecule has 0 saturated carbocycles. The molecule has 5 heteroatoms. The standard InChI is InChI=1S/C10H14ClN3O/c1-7-5-14(3-2-8(7)15)10-4-9(11)12-6-13-10/h4,6-8,15H,2-3,5H2,1H3/t7-,8+/m0/s1. The van der Waals surface area contributed by atoms with Gasteiger partial charge >= 0.3 is 0 Å². The Morgan fingerprint density at radius 1 is 1.53 bits per heavy atom. The normalized spacial score (nSPS) is 26.7. The average Bonchev–Trinajstić information content (AvgIpc) is 2.22. The van der Waals surface area contributed by atoms with Gasteiger partial charge in [0.25, 0.3) is 0 Å². The molecule has 0 aromatic carbocycles. The molecule has 0 spiro atoms. The fourth-order valence-electron chi connectivity index (χ4n) is 1.84. The Bertz CT molecular complexity index is 347. The van der Waals surface area contributed by atoms with Gasteiger partial charge in [0.1, 0.15) is 17.3 Å². The second kappa shape index (κ2) is 4.33. The molecule has 15 heavy (non-hydrogen) atoms. The van der Waals surface area contributed by atoms with E-state index >= 15 is 0 Å². The second-order valence-electron chi connectivity index (χ2n) is 3.98. The lowest BCUT2D eigenvalue weighted by molar-refractivity contribution is 0.0969. The predicted octanol–water partition coefficient (Wildman–Crippen LogP) is 1.34. The topological polar surface area (TPSA) is 49.2 Å². The average molecular weight is 228 g/mol. The summed E-state index contributed by atoms with van der Waals surface area (Å²) in [5.41, 5.74) is 0. The maximum absolute atomic E-state index is 9.61. The number of aromatic nitrogens is 2. The summed E-state index contributed by atoms with van der Waals surface area (Å²) in [4.78, 5) is 10.1. The van der Waals surface area contributed by atoms with Crippen molar-refractivity contribution < 1.29 is 5.11 Å². The Morgan fingerprint density at radius 2 is 2.33 bits per heavy atom. The van der Waals surface area contributed by atoms with E-state index in [1.54, 1.807) is 6.07 Å². The lowest BCUT2D eigenvalue weighted by Crippen LogP contribution is -2.42. The number of piperidine rings is 1. The molecule has 1 aliphatic heterocycles. The van der Waals surface area contributed by atoms with Crippen LogP contribution in [-0.4, -0.2) is 34.3 Å². The van der Waals surface area contributed by atoms with Crippen LogP contribution in [0.3, 0.4) is 0 Å². The highest BCUT2D eigenvalue weighted by Crippen LogP contribution is 2.22. The van der Waals surface area contributed by atoms with Crippen molar-refractivity contribution in [3.05, 3.63) is 17.5 Å². The summed E-state index contributed by atoms with van der Waals surface area (Å²) in [7, 11) is 0. The largest absolute Gasteiger partial charge is 0.393 e. The molecule has 0 bridgehead atoms. The molecule has 2 rings (SSSR count). The van der Waals surface area contributed by atoms with E-state index in [9.17, 15) is 5.11 Å². The van der Waals surface area contributed by atoms with E-state index in [1.807, 2.05) is 6.92 Å². The Hall–Kier alpha value is -0.870. The van der Waals surface area contributed by atoms with Crippen LogP contribution in [0, 0.1) is 5.92 Å². The molecular formula is C10H14ClN3O. The van der Waals surface area contributed by atoms with Crippen LogP contribution >= 0.6 is 11.6 Å². The zero-order valence-corrected chi connectivity index (χ0v) is 9.35. The number of anilines is 1. The van der Waals surface area contributed by atoms with Crippen molar-refractivity contribution in [2.24, 2.45) is 5.92 Å². The zero-order valence-electron chi connectivity index (χ0n) is 8.60. The molecule has 82 valence electrons. The Balaban J connectivity index is 2.12. The van der Waals surface area contributed by atoms with Crippen LogP contribution in [-0.2, 0) is 0 Å². The minimum absolute atomic E-state index is 0.196. The lowest BCUT2D eigenvalue weighted by atomic mass is 9.97. The molecule has 0 aliphatic carbocycles. The molecule has 1 N–H and O–H groups in total. The summed E-state index contributed by atoms with van der Waals surface area (Å²) in [5.74, 6) is 1.11. The van der Waals surface area contributed by atoms with Crippen LogP contribution in [0.1, 0.15) is 13.3 Å². The maximum atomic E-state index is 9.61. The van der Waals surface area contributed by atoms with E-state index in [0.29, 0.717) is 5.15 Å². The third-order valence-corrected chi connectivity index (χ3v) is 3.01. The molecule has 1 fully saturated rings. The van der Waals surface area contributed by atoms with Gasteiger partial charge in [0.15, 0.2) is 0 Å². The number of aliphatic hydroxyl groups excluding tert-OH is 1. The van der Waals surface area contributed by atoms with E-state index in [0.717, 1.165) is 25.3 Å². The molecule has 1 aromatic heterocycles. The van der Waals surface area contributed by atoms with Crippen molar-refractivity contribution in [3.8, 4) is 0 Å². The first-order chi connectivity index (χ1) is 7.16. The molecule has 4 nitrogen and oxygen atoms in total. The van der Waals surface area contributed by atoms with Crippen molar-refractivity contribution in [3.63, 3.8) is 0 Å². The molecule has 2 atom stereocenters. The summed E-state index contributed by atoms with van der Waals surface area (Å²) in [5, 5.41) is 10.1. The Labute approximate surface area is 93.9 Å². The molecule has 0 radical (unpaired) electrons. The van der Waals surface area contributed by atoms with E-state index in [2.05, 4.69) is 14.9 Å². The first kappa shape index (κ1) is 10.6. The van der Waals surface area contributed by atoms with Crippen LogP contribution in [0.25, 0.3) is 0 Å². The summed E-state index contributed by atoms with van der Waals surface area (Å²) >= 11 is 5.80. The van der Waals surface area contributed by atoms with Gasteiger partial charge in [-0.05, 0) is 12.3 Å². The minimum Gasteiger partial charge on any atom is -0.393 e. The van der Waals surface area contributed by atoms with Crippen LogP contribution in [0.15, 0.2) is 12.4 Å². The van der Waals surface area contributed by atoms with Crippen LogP contribution < -0.4 is 4.90 Å². The number of hydrogen-bond acceptors (Lipinski definition) is 4. The van der Waals surface area contributed by atoms with Gasteiger partial charge < -0.3 is 10.0 Å². The van der Waals surface area contributed by atoms with Crippen molar-refractivity contribution in [2.75, 3.05) is 18.0 Å². The number of rotatable bonds is 1. The van der Waals surface area contributed by atoms with Crippen molar-refractivity contribution in [1.82, 2.24) is 9.97 Å². The van der Waals surface area contributed by atoms with Gasteiger partial charge in [-0.15, -0.1) is 0 Å². The van der Waals surface area contributed by atoms with E-state index in [-0.39, 0.29) is 12.0 Å². The summed E-state index contributed by atoms with van der Waals surface area (Å²) in [6.07, 6.45) is 2.05. The fourth-order valence-corrected chi connectivity index (χ4v) is 1.98. The lowest BCUT2D eigenvalue weighted by Gasteiger charge is -2.35. The maximum Gasteiger partial charge on any atom is 0.134 e.